The van der Waals surface area contributed by atoms with Crippen molar-refractivity contribution in [2.24, 2.45) is 0 Å². The maximum atomic E-state index is 5.82. The van der Waals surface area contributed by atoms with Crippen molar-refractivity contribution in [3.8, 4) is 0 Å². The van der Waals surface area contributed by atoms with Crippen molar-refractivity contribution >= 4 is 16.9 Å². The highest BCUT2D eigenvalue weighted by atomic mass is 16.5. The molecule has 1 fully saturated rings. The highest BCUT2D eigenvalue weighted by Gasteiger charge is 2.11. The number of nitrogens with two attached hydrogens (primary N) is 1. The van der Waals surface area contributed by atoms with E-state index in [1.54, 1.807) is 0 Å². The van der Waals surface area contributed by atoms with Crippen LogP contribution in [0.2, 0.25) is 0 Å². The van der Waals surface area contributed by atoms with Gasteiger partial charge in [0.2, 0.25) is 0 Å². The maximum absolute atomic E-state index is 5.82. The van der Waals surface area contributed by atoms with Crippen molar-refractivity contribution < 1.29 is 4.74 Å². The molecule has 0 amide bonds. The Balaban J connectivity index is 1.72. The van der Waals surface area contributed by atoms with Crippen LogP contribution in [-0.4, -0.2) is 52.3 Å². The van der Waals surface area contributed by atoms with E-state index in [1.807, 2.05) is 12.3 Å². The van der Waals surface area contributed by atoms with Gasteiger partial charge in [0.1, 0.15) is 17.8 Å². The number of nitrogens with zero attached hydrogens (tertiary/aromatic N) is 4. The van der Waals surface area contributed by atoms with Gasteiger partial charge in [-0.05, 0) is 6.07 Å². The van der Waals surface area contributed by atoms with Gasteiger partial charge < -0.3 is 15.0 Å². The van der Waals surface area contributed by atoms with E-state index in [4.69, 9.17) is 10.5 Å². The lowest BCUT2D eigenvalue weighted by molar-refractivity contribution is 0.0365. The number of hydrogen-bond acceptors (Lipinski definition) is 5. The summed E-state index contributed by atoms with van der Waals surface area (Å²) in [5.74, 6) is 0.546. The van der Waals surface area contributed by atoms with Gasteiger partial charge in [0.15, 0.2) is 0 Å². The van der Waals surface area contributed by atoms with Crippen LogP contribution in [-0.2, 0) is 11.3 Å². The number of hydrogen-bond donors (Lipinski definition) is 1. The number of nitrogen functional groups attached to an aromatic ring is 1. The first kappa shape index (κ1) is 11.4. The molecular weight excluding hydrogens is 230 g/mol. The van der Waals surface area contributed by atoms with E-state index in [9.17, 15) is 0 Å². The third-order valence-electron chi connectivity index (χ3n) is 3.35. The van der Waals surface area contributed by atoms with E-state index in [2.05, 4.69) is 19.4 Å². The Labute approximate surface area is 105 Å². The average Bonchev–Trinajstić information content (AvgIpc) is 2.82. The molecule has 0 radical (unpaired) electrons. The zero-order valence-electron chi connectivity index (χ0n) is 10.2. The summed E-state index contributed by atoms with van der Waals surface area (Å²) >= 11 is 0. The van der Waals surface area contributed by atoms with Crippen LogP contribution in [0.4, 0.5) is 5.82 Å². The van der Waals surface area contributed by atoms with Gasteiger partial charge in [-0.15, -0.1) is 0 Å². The Bertz CT molecular complexity index is 532. The first-order valence-corrected chi connectivity index (χ1v) is 6.20. The van der Waals surface area contributed by atoms with Crippen LogP contribution in [0, 0.1) is 0 Å². The van der Waals surface area contributed by atoms with E-state index < -0.39 is 0 Å². The topological polar surface area (TPSA) is 69.2 Å². The van der Waals surface area contributed by atoms with Crippen LogP contribution in [0.15, 0.2) is 18.6 Å². The molecule has 3 heterocycles. The molecule has 0 bridgehead atoms. The van der Waals surface area contributed by atoms with Gasteiger partial charge in [-0.1, -0.05) is 0 Å². The van der Waals surface area contributed by atoms with Crippen molar-refractivity contribution in [1.82, 2.24) is 19.4 Å². The lowest BCUT2D eigenvalue weighted by Crippen LogP contribution is -2.38. The Morgan fingerprint density at radius 3 is 2.89 bits per heavy atom. The molecule has 2 aromatic heterocycles. The molecule has 1 saturated heterocycles. The van der Waals surface area contributed by atoms with E-state index in [-0.39, 0.29) is 0 Å². The van der Waals surface area contributed by atoms with Crippen LogP contribution < -0.4 is 5.73 Å². The average molecular weight is 247 g/mol. The number of fused-ring (bicyclic) bond motifs is 1. The van der Waals surface area contributed by atoms with Crippen LogP contribution in [0.1, 0.15) is 0 Å². The van der Waals surface area contributed by atoms with Crippen molar-refractivity contribution in [2.45, 2.75) is 6.54 Å². The summed E-state index contributed by atoms with van der Waals surface area (Å²) in [4.78, 5) is 10.7. The van der Waals surface area contributed by atoms with Gasteiger partial charge in [-0.3, -0.25) is 4.90 Å². The van der Waals surface area contributed by atoms with Gasteiger partial charge in [-0.25, -0.2) is 9.97 Å². The van der Waals surface area contributed by atoms with Crippen molar-refractivity contribution in [1.29, 1.82) is 0 Å². The summed E-state index contributed by atoms with van der Waals surface area (Å²) in [6, 6.07) is 1.98. The fourth-order valence-electron chi connectivity index (χ4n) is 2.28. The zero-order valence-corrected chi connectivity index (χ0v) is 10.2. The highest BCUT2D eigenvalue weighted by Crippen LogP contribution is 2.17. The minimum Gasteiger partial charge on any atom is -0.383 e. The number of rotatable bonds is 3. The second-order valence-corrected chi connectivity index (χ2v) is 4.46. The molecule has 0 spiro atoms. The summed E-state index contributed by atoms with van der Waals surface area (Å²) in [7, 11) is 0. The molecule has 0 aliphatic carbocycles. The third kappa shape index (κ3) is 2.16. The highest BCUT2D eigenvalue weighted by molar-refractivity contribution is 5.85. The van der Waals surface area contributed by atoms with Crippen LogP contribution in [0.5, 0.6) is 0 Å². The smallest absolute Gasteiger partial charge is 0.145 e. The molecule has 1 aliphatic rings. The minimum absolute atomic E-state index is 0.546. The zero-order chi connectivity index (χ0) is 12.4. The number of aromatic nitrogens is 3. The van der Waals surface area contributed by atoms with Crippen molar-refractivity contribution in [3.05, 3.63) is 18.6 Å². The molecular formula is C12H17N5O. The molecule has 3 rings (SSSR count). The molecule has 0 unspecified atom stereocenters. The molecule has 6 heteroatoms. The van der Waals surface area contributed by atoms with E-state index in [1.165, 1.54) is 6.33 Å². The summed E-state index contributed by atoms with van der Waals surface area (Å²) in [5.41, 5.74) is 6.73. The SMILES string of the molecule is Nc1ncnc2c1ccn2CCN1CCOCC1. The van der Waals surface area contributed by atoms with E-state index in [0.717, 1.165) is 50.4 Å². The Morgan fingerprint density at radius 2 is 2.06 bits per heavy atom. The molecule has 18 heavy (non-hydrogen) atoms. The van der Waals surface area contributed by atoms with E-state index in [0.29, 0.717) is 5.82 Å². The summed E-state index contributed by atoms with van der Waals surface area (Å²) in [6.07, 6.45) is 3.54. The Morgan fingerprint density at radius 1 is 1.22 bits per heavy atom. The van der Waals surface area contributed by atoms with Crippen LogP contribution >= 0.6 is 0 Å². The Kier molecular flexibility index (Phi) is 3.12. The largest absolute Gasteiger partial charge is 0.383 e. The molecule has 96 valence electrons. The molecule has 0 atom stereocenters. The molecule has 1 aliphatic heterocycles. The summed E-state index contributed by atoms with van der Waals surface area (Å²) in [5, 5.41) is 0.930. The van der Waals surface area contributed by atoms with Crippen molar-refractivity contribution in [3.63, 3.8) is 0 Å². The lowest BCUT2D eigenvalue weighted by Gasteiger charge is -2.26. The lowest BCUT2D eigenvalue weighted by atomic mass is 10.4. The first-order valence-electron chi connectivity index (χ1n) is 6.20. The van der Waals surface area contributed by atoms with Gasteiger partial charge in [0.25, 0.3) is 0 Å². The number of ether oxygens (including phenoxy) is 1. The van der Waals surface area contributed by atoms with Crippen LogP contribution in [0.25, 0.3) is 11.0 Å². The second kappa shape index (κ2) is 4.91. The minimum atomic E-state index is 0.546. The standard InChI is InChI=1S/C12H17N5O/c13-11-10-1-2-17(12(10)15-9-14-11)4-3-16-5-7-18-8-6-16/h1-2,9H,3-8H2,(H2,13,14,15). The third-order valence-corrected chi connectivity index (χ3v) is 3.35. The van der Waals surface area contributed by atoms with E-state index >= 15 is 0 Å². The molecule has 0 aromatic carbocycles. The van der Waals surface area contributed by atoms with Crippen molar-refractivity contribution in [2.75, 3.05) is 38.6 Å². The summed E-state index contributed by atoms with van der Waals surface area (Å²) in [6.45, 7) is 5.62. The fourth-order valence-corrected chi connectivity index (χ4v) is 2.28. The predicted molar refractivity (Wildman–Crippen MR) is 69.2 cm³/mol. The first-order chi connectivity index (χ1) is 8.84. The van der Waals surface area contributed by atoms with Gasteiger partial charge >= 0.3 is 0 Å². The predicted octanol–water partition coefficient (Wildman–Crippen LogP) is 0.346. The maximum Gasteiger partial charge on any atom is 0.145 e. The van der Waals surface area contributed by atoms with Crippen LogP contribution in [0.3, 0.4) is 0 Å². The normalized spacial score (nSPS) is 17.3. The number of anilines is 1. The van der Waals surface area contributed by atoms with Gasteiger partial charge in [0, 0.05) is 32.4 Å². The van der Waals surface area contributed by atoms with Gasteiger partial charge in [0.05, 0.1) is 18.6 Å². The molecule has 2 N–H and O–H groups in total. The summed E-state index contributed by atoms with van der Waals surface area (Å²) < 4.78 is 7.46. The quantitative estimate of drug-likeness (QED) is 0.847. The number of morpholine rings is 1. The second-order valence-electron chi connectivity index (χ2n) is 4.46. The van der Waals surface area contributed by atoms with Gasteiger partial charge in [-0.2, -0.15) is 0 Å². The molecule has 6 nitrogen and oxygen atoms in total. The monoisotopic (exact) mass is 247 g/mol. The molecule has 0 saturated carbocycles. The molecule has 2 aromatic rings. The Hall–Kier alpha value is -1.66. The fraction of sp³-hybridized carbons (Fsp3) is 0.500.